The quantitative estimate of drug-likeness (QED) is 0.713. The molecule has 0 spiro atoms. The first kappa shape index (κ1) is 7.59. The van der Waals surface area contributed by atoms with Crippen LogP contribution in [-0.2, 0) is 0 Å². The lowest BCUT2D eigenvalue weighted by molar-refractivity contribution is 0.660. The van der Waals surface area contributed by atoms with Crippen molar-refractivity contribution in [3.63, 3.8) is 0 Å². The molecule has 1 fully saturated rings. The van der Waals surface area contributed by atoms with Crippen molar-refractivity contribution in [2.75, 3.05) is 6.54 Å². The summed E-state index contributed by atoms with van der Waals surface area (Å²) in [6.45, 7) is 1.15. The summed E-state index contributed by atoms with van der Waals surface area (Å²) < 4.78 is 0.897. The van der Waals surface area contributed by atoms with E-state index in [-0.39, 0.29) is 0 Å². The van der Waals surface area contributed by atoms with Gasteiger partial charge in [0.2, 0.25) is 0 Å². The zero-order valence-corrected chi connectivity index (χ0v) is 7.71. The lowest BCUT2D eigenvalue weighted by Crippen LogP contribution is -2.11. The van der Waals surface area contributed by atoms with Crippen molar-refractivity contribution in [3.05, 3.63) is 21.3 Å². The number of rotatable bonds is 1. The summed E-state index contributed by atoms with van der Waals surface area (Å²) in [7, 11) is 0. The lowest BCUT2D eigenvalue weighted by Gasteiger charge is -2.05. The van der Waals surface area contributed by atoms with Gasteiger partial charge in [-0.25, -0.2) is 0 Å². The van der Waals surface area contributed by atoms with Crippen molar-refractivity contribution in [1.82, 2.24) is 5.32 Å². The third kappa shape index (κ3) is 1.58. The van der Waals surface area contributed by atoms with Gasteiger partial charge in [-0.05, 0) is 31.5 Å². The van der Waals surface area contributed by atoms with E-state index in [1.807, 2.05) is 6.07 Å². The molecule has 1 aromatic heterocycles. The summed E-state index contributed by atoms with van der Waals surface area (Å²) in [6, 6.07) is 4.67. The highest BCUT2D eigenvalue weighted by Crippen LogP contribution is 2.31. The van der Waals surface area contributed by atoms with Gasteiger partial charge in [0.15, 0.2) is 0 Å². The Bertz CT molecular complexity index is 240. The van der Waals surface area contributed by atoms with Gasteiger partial charge < -0.3 is 5.32 Å². The Morgan fingerprint density at radius 2 is 2.45 bits per heavy atom. The molecular weight excluding hydrogens is 178 g/mol. The molecule has 1 atom stereocenters. The Hall–Kier alpha value is -0.0500. The minimum Gasteiger partial charge on any atom is -0.309 e. The average molecular weight is 188 g/mol. The Balaban J connectivity index is 2.15. The highest BCUT2D eigenvalue weighted by Gasteiger charge is 2.17. The van der Waals surface area contributed by atoms with Crippen LogP contribution < -0.4 is 5.32 Å². The smallest absolute Gasteiger partial charge is 0.0931 e. The molecule has 1 N–H and O–H groups in total. The van der Waals surface area contributed by atoms with Gasteiger partial charge in [-0.2, -0.15) is 0 Å². The Morgan fingerprint density at radius 3 is 3.00 bits per heavy atom. The third-order valence-corrected chi connectivity index (χ3v) is 3.34. The first-order chi connectivity index (χ1) is 5.36. The second-order valence-corrected chi connectivity index (χ2v) is 4.54. The van der Waals surface area contributed by atoms with Crippen molar-refractivity contribution >= 4 is 22.9 Å². The molecule has 60 valence electrons. The molecule has 2 rings (SSSR count). The second-order valence-electron chi connectivity index (χ2n) is 2.79. The maximum absolute atomic E-state index is 5.83. The Morgan fingerprint density at radius 1 is 1.55 bits per heavy atom. The van der Waals surface area contributed by atoms with Gasteiger partial charge in [-0.15, -0.1) is 11.3 Å². The normalized spacial score (nSPS) is 24.3. The number of thiophene rings is 1. The van der Waals surface area contributed by atoms with Gasteiger partial charge in [0.05, 0.1) is 4.34 Å². The zero-order chi connectivity index (χ0) is 7.68. The van der Waals surface area contributed by atoms with E-state index in [4.69, 9.17) is 11.6 Å². The molecule has 3 heteroatoms. The molecule has 1 aromatic rings. The van der Waals surface area contributed by atoms with Crippen molar-refractivity contribution in [2.24, 2.45) is 0 Å². The molecule has 2 heterocycles. The maximum Gasteiger partial charge on any atom is 0.0931 e. The van der Waals surface area contributed by atoms with Gasteiger partial charge in [-0.3, -0.25) is 0 Å². The molecule has 0 saturated carbocycles. The summed E-state index contributed by atoms with van der Waals surface area (Å²) in [5.74, 6) is 0. The fourth-order valence-electron chi connectivity index (χ4n) is 1.44. The fourth-order valence-corrected chi connectivity index (χ4v) is 2.61. The van der Waals surface area contributed by atoms with Crippen LogP contribution >= 0.6 is 22.9 Å². The molecule has 1 aliphatic rings. The molecule has 0 aromatic carbocycles. The van der Waals surface area contributed by atoms with Gasteiger partial charge in [-0.1, -0.05) is 11.6 Å². The van der Waals surface area contributed by atoms with Crippen LogP contribution in [-0.4, -0.2) is 6.54 Å². The molecule has 0 bridgehead atoms. The van der Waals surface area contributed by atoms with E-state index < -0.39 is 0 Å². The summed E-state index contributed by atoms with van der Waals surface area (Å²) >= 11 is 7.52. The minimum atomic E-state index is 0.576. The molecule has 1 saturated heterocycles. The maximum atomic E-state index is 5.83. The topological polar surface area (TPSA) is 12.0 Å². The standard InChI is InChI=1S/C8H10ClNS/c9-8-4-3-7(11-8)6-2-1-5-10-6/h3-4,6,10H,1-2,5H2/t6-/m0/s1. The summed E-state index contributed by atoms with van der Waals surface area (Å²) in [4.78, 5) is 1.38. The van der Waals surface area contributed by atoms with Crippen LogP contribution in [0.2, 0.25) is 4.34 Å². The van der Waals surface area contributed by atoms with Crippen molar-refractivity contribution in [1.29, 1.82) is 0 Å². The number of hydrogen-bond acceptors (Lipinski definition) is 2. The summed E-state index contributed by atoms with van der Waals surface area (Å²) in [6.07, 6.45) is 2.55. The molecule has 1 nitrogen and oxygen atoms in total. The molecule has 1 aliphatic heterocycles. The van der Waals surface area contributed by atoms with Crippen LogP contribution in [0.15, 0.2) is 12.1 Å². The summed E-state index contributed by atoms with van der Waals surface area (Å²) in [5.41, 5.74) is 0. The average Bonchev–Trinajstić information content (AvgIpc) is 2.55. The Labute approximate surface area is 75.4 Å². The highest BCUT2D eigenvalue weighted by atomic mass is 35.5. The lowest BCUT2D eigenvalue weighted by atomic mass is 10.2. The predicted molar refractivity (Wildman–Crippen MR) is 49.3 cm³/mol. The molecule has 11 heavy (non-hydrogen) atoms. The van der Waals surface area contributed by atoms with Crippen LogP contribution in [0.4, 0.5) is 0 Å². The van der Waals surface area contributed by atoms with E-state index in [9.17, 15) is 0 Å². The van der Waals surface area contributed by atoms with Gasteiger partial charge in [0.25, 0.3) is 0 Å². The predicted octanol–water partition coefficient (Wildman–Crippen LogP) is 2.83. The van der Waals surface area contributed by atoms with Gasteiger partial charge in [0, 0.05) is 10.9 Å². The van der Waals surface area contributed by atoms with Crippen molar-refractivity contribution in [2.45, 2.75) is 18.9 Å². The van der Waals surface area contributed by atoms with Crippen LogP contribution in [0, 0.1) is 0 Å². The molecule has 0 unspecified atom stereocenters. The van der Waals surface area contributed by atoms with Crippen LogP contribution in [0.3, 0.4) is 0 Å². The largest absolute Gasteiger partial charge is 0.309 e. The van der Waals surface area contributed by atoms with E-state index in [1.54, 1.807) is 11.3 Å². The number of nitrogens with one attached hydrogen (secondary N) is 1. The monoisotopic (exact) mass is 187 g/mol. The molecular formula is C8H10ClNS. The van der Waals surface area contributed by atoms with E-state index >= 15 is 0 Å². The van der Waals surface area contributed by atoms with E-state index in [0.29, 0.717) is 6.04 Å². The minimum absolute atomic E-state index is 0.576. The van der Waals surface area contributed by atoms with Gasteiger partial charge >= 0.3 is 0 Å². The van der Waals surface area contributed by atoms with E-state index in [2.05, 4.69) is 11.4 Å². The van der Waals surface area contributed by atoms with Crippen LogP contribution in [0.1, 0.15) is 23.8 Å². The molecule has 0 radical (unpaired) electrons. The summed E-state index contributed by atoms with van der Waals surface area (Å²) in [5, 5.41) is 3.44. The highest BCUT2D eigenvalue weighted by molar-refractivity contribution is 7.16. The van der Waals surface area contributed by atoms with E-state index in [1.165, 1.54) is 17.7 Å². The number of hydrogen-bond donors (Lipinski definition) is 1. The first-order valence-corrected chi connectivity index (χ1v) is 5.04. The van der Waals surface area contributed by atoms with Gasteiger partial charge in [0.1, 0.15) is 0 Å². The fraction of sp³-hybridized carbons (Fsp3) is 0.500. The zero-order valence-electron chi connectivity index (χ0n) is 6.14. The van der Waals surface area contributed by atoms with E-state index in [0.717, 1.165) is 10.9 Å². The second kappa shape index (κ2) is 3.13. The van der Waals surface area contributed by atoms with Crippen molar-refractivity contribution < 1.29 is 0 Å². The Kier molecular flexibility index (Phi) is 2.16. The van der Waals surface area contributed by atoms with Crippen LogP contribution in [0.25, 0.3) is 0 Å². The first-order valence-electron chi connectivity index (χ1n) is 3.85. The SMILES string of the molecule is Clc1ccc([C@@H]2CCCN2)s1. The number of halogens is 1. The molecule has 0 aliphatic carbocycles. The third-order valence-electron chi connectivity index (χ3n) is 2.00. The van der Waals surface area contributed by atoms with Crippen LogP contribution in [0.5, 0.6) is 0 Å². The van der Waals surface area contributed by atoms with Crippen molar-refractivity contribution in [3.8, 4) is 0 Å². The molecule has 0 amide bonds.